The van der Waals surface area contributed by atoms with Crippen molar-refractivity contribution in [3.63, 3.8) is 0 Å². The molecular formula is C17H22BrClN4O4S. The molecule has 0 fully saturated rings. The molecule has 11 heteroatoms. The highest BCUT2D eigenvalue weighted by Gasteiger charge is 2.19. The van der Waals surface area contributed by atoms with Gasteiger partial charge < -0.3 is 15.2 Å². The molecule has 1 heterocycles. The zero-order valence-electron chi connectivity index (χ0n) is 15.6. The zero-order chi connectivity index (χ0) is 21.1. The molecule has 8 nitrogen and oxygen atoms in total. The lowest BCUT2D eigenvalue weighted by atomic mass is 10.2. The Morgan fingerprint density at radius 2 is 2.07 bits per heavy atom. The first-order valence-electron chi connectivity index (χ1n) is 8.38. The van der Waals surface area contributed by atoms with Crippen LogP contribution in [0.1, 0.15) is 25.8 Å². The molecule has 4 N–H and O–H groups in total. The quantitative estimate of drug-likeness (QED) is 0.581. The van der Waals surface area contributed by atoms with Gasteiger partial charge in [-0.2, -0.15) is 4.99 Å². The Hall–Kier alpha value is -1.46. The molecule has 0 bridgehead atoms. The van der Waals surface area contributed by atoms with Crippen LogP contribution in [0.2, 0.25) is 5.02 Å². The second kappa shape index (κ2) is 9.36. The number of aliphatic hydroxyl groups excluding tert-OH is 1. The number of aliphatic hydroxyl groups is 1. The number of rotatable bonds is 5. The molecule has 0 saturated carbocycles. The summed E-state index contributed by atoms with van der Waals surface area (Å²) in [5, 5.41) is 18.0. The number of amidine groups is 1. The molecule has 1 aliphatic rings. The second-order valence-electron chi connectivity index (χ2n) is 6.33. The molecule has 1 aromatic rings. The number of hydrogen-bond donors (Lipinski definition) is 3. The highest BCUT2D eigenvalue weighted by Crippen LogP contribution is 2.28. The Labute approximate surface area is 177 Å². The van der Waals surface area contributed by atoms with Gasteiger partial charge in [0.2, 0.25) is 15.9 Å². The number of nitrogens with one attached hydrogen (secondary N) is 1. The summed E-state index contributed by atoms with van der Waals surface area (Å²) in [7, 11) is -3.93. The number of halogens is 2. The zero-order valence-corrected chi connectivity index (χ0v) is 18.8. The predicted molar refractivity (Wildman–Crippen MR) is 115 cm³/mol. The monoisotopic (exact) mass is 492 g/mol. The average molecular weight is 494 g/mol. The van der Waals surface area contributed by atoms with Gasteiger partial charge in [0.05, 0.1) is 22.2 Å². The Balaban J connectivity index is 2.37. The van der Waals surface area contributed by atoms with E-state index in [2.05, 4.69) is 31.2 Å². The number of ether oxygens (including phenoxy) is 1. The van der Waals surface area contributed by atoms with Crippen molar-refractivity contribution in [1.82, 2.24) is 0 Å². The first-order valence-corrected chi connectivity index (χ1v) is 11.1. The summed E-state index contributed by atoms with van der Waals surface area (Å²) in [5.74, 6) is 0.783. The summed E-state index contributed by atoms with van der Waals surface area (Å²) < 4.78 is 29.8. The van der Waals surface area contributed by atoms with Crippen LogP contribution in [0.4, 0.5) is 5.69 Å². The Kier molecular flexibility index (Phi) is 7.63. The summed E-state index contributed by atoms with van der Waals surface area (Å²) in [6, 6.07) is 3.06. The first-order chi connectivity index (χ1) is 13.0. The topological polar surface area (TPSA) is 126 Å². The maximum absolute atomic E-state index is 11.7. The highest BCUT2D eigenvalue weighted by molar-refractivity contribution is 9.11. The number of anilines is 1. The van der Waals surface area contributed by atoms with E-state index in [1.807, 2.05) is 0 Å². The fourth-order valence-electron chi connectivity index (χ4n) is 2.36. The van der Waals surface area contributed by atoms with Crippen LogP contribution >= 0.6 is 27.5 Å². The number of benzene rings is 1. The van der Waals surface area contributed by atoms with Gasteiger partial charge in [-0.15, -0.1) is 0 Å². The molecule has 0 aromatic heterocycles. The molecule has 28 heavy (non-hydrogen) atoms. The first kappa shape index (κ1) is 22.8. The average Bonchev–Trinajstić information content (AvgIpc) is 2.54. The third-order valence-corrected chi connectivity index (χ3v) is 6.07. The van der Waals surface area contributed by atoms with Crippen LogP contribution in [0.5, 0.6) is 0 Å². The van der Waals surface area contributed by atoms with Crippen molar-refractivity contribution in [2.45, 2.75) is 44.3 Å². The van der Waals surface area contributed by atoms with Gasteiger partial charge in [0.15, 0.2) is 0 Å². The van der Waals surface area contributed by atoms with Crippen LogP contribution < -0.4 is 10.5 Å². The van der Waals surface area contributed by atoms with Crippen molar-refractivity contribution >= 4 is 55.3 Å². The molecule has 154 valence electrons. The molecule has 0 amide bonds. The molecule has 0 saturated heterocycles. The minimum atomic E-state index is -3.93. The maximum Gasteiger partial charge on any atom is 0.239 e. The SMILES string of the molecule is Cc1cc(N/C2=N/C(O[C@H](C)[C@@H](C)O)=C(/Br)CC=NC2)cc(Cl)c1S(N)(=O)=O. The fourth-order valence-corrected chi connectivity index (χ4v) is 4.12. The number of nitrogens with two attached hydrogens (primary N) is 1. The summed E-state index contributed by atoms with van der Waals surface area (Å²) in [5.41, 5.74) is 0.937. The largest absolute Gasteiger partial charge is 0.471 e. The van der Waals surface area contributed by atoms with Gasteiger partial charge in [0.25, 0.3) is 0 Å². The Morgan fingerprint density at radius 3 is 2.64 bits per heavy atom. The lowest BCUT2D eigenvalue weighted by molar-refractivity contribution is 0.0167. The fraction of sp³-hybridized carbons (Fsp3) is 0.412. The van der Waals surface area contributed by atoms with Crippen molar-refractivity contribution < 1.29 is 18.3 Å². The molecular weight excluding hydrogens is 472 g/mol. The van der Waals surface area contributed by atoms with Crippen LogP contribution in [0.3, 0.4) is 0 Å². The predicted octanol–water partition coefficient (Wildman–Crippen LogP) is 2.93. The van der Waals surface area contributed by atoms with Crippen LogP contribution in [0, 0.1) is 6.92 Å². The number of sulfonamides is 1. The number of primary sulfonamides is 1. The van der Waals surface area contributed by atoms with E-state index in [0.29, 0.717) is 33.9 Å². The molecule has 0 spiro atoms. The van der Waals surface area contributed by atoms with Crippen LogP contribution in [-0.2, 0) is 14.8 Å². The maximum atomic E-state index is 11.7. The van der Waals surface area contributed by atoms with Gasteiger partial charge in [-0.1, -0.05) is 11.6 Å². The van der Waals surface area contributed by atoms with Crippen molar-refractivity contribution in [1.29, 1.82) is 0 Å². The molecule has 2 rings (SSSR count). The summed E-state index contributed by atoms with van der Waals surface area (Å²) in [4.78, 5) is 8.63. The van der Waals surface area contributed by atoms with Crippen molar-refractivity contribution in [3.8, 4) is 0 Å². The van der Waals surface area contributed by atoms with E-state index in [0.717, 1.165) is 0 Å². The van der Waals surface area contributed by atoms with Gasteiger partial charge in [0, 0.05) is 18.3 Å². The lowest BCUT2D eigenvalue weighted by Crippen LogP contribution is -2.24. The molecule has 0 aliphatic carbocycles. The second-order valence-corrected chi connectivity index (χ2v) is 9.20. The van der Waals surface area contributed by atoms with Gasteiger partial charge in [-0.05, 0) is 54.4 Å². The Morgan fingerprint density at radius 1 is 1.39 bits per heavy atom. The number of aryl methyl sites for hydroxylation is 1. The highest BCUT2D eigenvalue weighted by atomic mass is 79.9. The van der Waals surface area contributed by atoms with Gasteiger partial charge in [0.1, 0.15) is 16.8 Å². The van der Waals surface area contributed by atoms with Crippen LogP contribution in [-0.4, -0.2) is 44.3 Å². The van der Waals surface area contributed by atoms with Crippen LogP contribution in [0.25, 0.3) is 0 Å². The lowest BCUT2D eigenvalue weighted by Gasteiger charge is -2.20. The third-order valence-electron chi connectivity index (χ3n) is 3.89. The van der Waals surface area contributed by atoms with E-state index in [9.17, 15) is 13.5 Å². The summed E-state index contributed by atoms with van der Waals surface area (Å²) in [6.45, 7) is 5.22. The number of allylic oxidation sites excluding steroid dienone is 1. The van der Waals surface area contributed by atoms with E-state index >= 15 is 0 Å². The molecule has 2 atom stereocenters. The number of hydrogen-bond acceptors (Lipinski definition) is 7. The van der Waals surface area contributed by atoms with E-state index in [1.165, 1.54) is 6.07 Å². The smallest absolute Gasteiger partial charge is 0.239 e. The molecule has 1 aliphatic heterocycles. The van der Waals surface area contributed by atoms with Gasteiger partial charge >= 0.3 is 0 Å². The van der Waals surface area contributed by atoms with Crippen molar-refractivity contribution in [3.05, 3.63) is 33.1 Å². The molecule has 0 radical (unpaired) electrons. The van der Waals surface area contributed by atoms with Gasteiger partial charge in [-0.3, -0.25) is 4.99 Å². The number of nitrogens with zero attached hydrogens (tertiary/aromatic N) is 2. The normalized spacial score (nSPS) is 21.9. The Bertz CT molecular complexity index is 921. The summed E-state index contributed by atoms with van der Waals surface area (Å²) in [6.07, 6.45) is 1.09. The standard InChI is InChI=1S/C17H22BrClN4O4S/c1-9-6-12(7-14(19)16(9)28(20,25)26)22-15-8-21-5-4-13(18)17(23-15)27-11(3)10(2)24/h5-7,10-11,24H,4,8H2,1-3H3,(H,22,23)(H2,20,25,26)/b17-13-,21-5?/t10-,11-/m1/s1. The minimum absolute atomic E-state index is 0.0101. The van der Waals surface area contributed by atoms with E-state index < -0.39 is 22.2 Å². The van der Waals surface area contributed by atoms with Crippen LogP contribution in [0.15, 0.2) is 37.4 Å². The van der Waals surface area contributed by atoms with E-state index in [-0.39, 0.29) is 16.5 Å². The van der Waals surface area contributed by atoms with Crippen molar-refractivity contribution in [2.75, 3.05) is 11.9 Å². The summed E-state index contributed by atoms with van der Waals surface area (Å²) >= 11 is 9.54. The third kappa shape index (κ3) is 6.02. The minimum Gasteiger partial charge on any atom is -0.471 e. The molecule has 0 unspecified atom stereocenters. The van der Waals surface area contributed by atoms with E-state index in [1.54, 1.807) is 33.1 Å². The van der Waals surface area contributed by atoms with E-state index in [4.69, 9.17) is 21.5 Å². The van der Waals surface area contributed by atoms with Gasteiger partial charge in [-0.25, -0.2) is 13.6 Å². The number of aliphatic imine (C=N–C) groups is 2. The van der Waals surface area contributed by atoms with Crippen molar-refractivity contribution in [2.24, 2.45) is 15.1 Å². The molecule has 1 aromatic carbocycles.